The summed E-state index contributed by atoms with van der Waals surface area (Å²) in [5.74, 6) is -1.46. The molecule has 7 heteroatoms. The summed E-state index contributed by atoms with van der Waals surface area (Å²) < 4.78 is 5.24. The van der Waals surface area contributed by atoms with Gasteiger partial charge in [0.25, 0.3) is 0 Å². The zero-order valence-electron chi connectivity index (χ0n) is 15.9. The second kappa shape index (κ2) is 8.04. The van der Waals surface area contributed by atoms with E-state index in [1.807, 2.05) is 0 Å². The minimum Gasteiger partial charge on any atom is -0.550 e. The summed E-state index contributed by atoms with van der Waals surface area (Å²) in [4.78, 5) is 35.9. The van der Waals surface area contributed by atoms with E-state index in [0.717, 1.165) is 32.1 Å². The number of aromatic hydroxyl groups is 1. The van der Waals surface area contributed by atoms with Gasteiger partial charge in [-0.2, -0.15) is 0 Å². The van der Waals surface area contributed by atoms with Crippen LogP contribution in [0, 0.1) is 12.3 Å². The van der Waals surface area contributed by atoms with E-state index in [9.17, 15) is 24.6 Å². The van der Waals surface area contributed by atoms with Crippen molar-refractivity contribution in [1.82, 2.24) is 5.32 Å². The Hall–Kier alpha value is -2.83. The van der Waals surface area contributed by atoms with Gasteiger partial charge in [0.15, 0.2) is 0 Å². The van der Waals surface area contributed by atoms with Gasteiger partial charge in [0.05, 0.1) is 12.0 Å². The number of amides is 1. The molecule has 1 fully saturated rings. The predicted molar refractivity (Wildman–Crippen MR) is 101 cm³/mol. The van der Waals surface area contributed by atoms with E-state index in [-0.39, 0.29) is 42.2 Å². The summed E-state index contributed by atoms with van der Waals surface area (Å²) in [5.41, 5.74) is 0.0549. The van der Waals surface area contributed by atoms with Crippen LogP contribution in [0.1, 0.15) is 49.7 Å². The zero-order valence-corrected chi connectivity index (χ0v) is 15.9. The van der Waals surface area contributed by atoms with Gasteiger partial charge in [0.2, 0.25) is 5.91 Å². The molecule has 1 saturated carbocycles. The topological polar surface area (TPSA) is 120 Å². The number of phenols is 1. The van der Waals surface area contributed by atoms with E-state index in [4.69, 9.17) is 4.42 Å². The Morgan fingerprint density at radius 3 is 2.64 bits per heavy atom. The van der Waals surface area contributed by atoms with Crippen LogP contribution in [-0.4, -0.2) is 23.5 Å². The average Bonchev–Trinajstić information content (AvgIpc) is 2.63. The Morgan fingerprint density at radius 1 is 1.25 bits per heavy atom. The summed E-state index contributed by atoms with van der Waals surface area (Å²) in [6.07, 6.45) is 4.19. The van der Waals surface area contributed by atoms with Crippen LogP contribution in [-0.2, 0) is 16.0 Å². The number of benzene rings is 1. The summed E-state index contributed by atoms with van der Waals surface area (Å²) in [7, 11) is 0. The Labute approximate surface area is 162 Å². The second-order valence-electron chi connectivity index (χ2n) is 7.74. The number of nitrogens with one attached hydrogen (secondary N) is 1. The minimum atomic E-state index is -1.11. The van der Waals surface area contributed by atoms with Crippen LogP contribution in [0.3, 0.4) is 0 Å². The molecule has 28 heavy (non-hydrogen) atoms. The Morgan fingerprint density at radius 2 is 1.96 bits per heavy atom. The highest BCUT2D eigenvalue weighted by atomic mass is 16.4. The lowest BCUT2D eigenvalue weighted by atomic mass is 9.71. The molecule has 1 heterocycles. The van der Waals surface area contributed by atoms with Gasteiger partial charge < -0.3 is 24.7 Å². The fourth-order valence-electron chi connectivity index (χ4n) is 4.12. The van der Waals surface area contributed by atoms with Crippen molar-refractivity contribution in [3.05, 3.63) is 39.7 Å². The smallest absolute Gasteiger partial charge is 0.340 e. The van der Waals surface area contributed by atoms with Gasteiger partial charge in [-0.3, -0.25) is 4.79 Å². The SMILES string of the molecule is Cc1c(CC(=O)NCC2(CC(=O)[O-])CCCCC2)c(=O)oc2cc(O)ccc12. The highest BCUT2D eigenvalue weighted by Crippen LogP contribution is 2.38. The highest BCUT2D eigenvalue weighted by molar-refractivity contribution is 5.85. The highest BCUT2D eigenvalue weighted by Gasteiger charge is 2.32. The molecule has 0 unspecified atom stereocenters. The summed E-state index contributed by atoms with van der Waals surface area (Å²) in [5, 5.41) is 24.1. The largest absolute Gasteiger partial charge is 0.550 e. The van der Waals surface area contributed by atoms with Crippen molar-refractivity contribution < 1.29 is 24.2 Å². The normalized spacial score (nSPS) is 16.0. The van der Waals surface area contributed by atoms with Gasteiger partial charge in [-0.1, -0.05) is 19.3 Å². The summed E-state index contributed by atoms with van der Waals surface area (Å²) in [6, 6.07) is 4.49. The second-order valence-corrected chi connectivity index (χ2v) is 7.74. The van der Waals surface area contributed by atoms with E-state index < -0.39 is 17.0 Å². The molecule has 2 aromatic rings. The standard InChI is InChI=1S/C21H25NO6/c1-13-15-6-5-14(23)9-17(15)28-20(27)16(13)10-18(24)22-12-21(11-19(25)26)7-3-2-4-8-21/h5-6,9,23H,2-4,7-8,10-12H2,1H3,(H,22,24)(H,25,26)/p-1. The molecule has 0 atom stereocenters. The van der Waals surface area contributed by atoms with Crippen LogP contribution < -0.4 is 16.0 Å². The number of carbonyl (C=O) groups excluding carboxylic acids is 2. The van der Waals surface area contributed by atoms with Crippen LogP contribution in [0.25, 0.3) is 11.0 Å². The average molecular weight is 386 g/mol. The zero-order chi connectivity index (χ0) is 20.3. The minimum absolute atomic E-state index is 0.00811. The molecule has 0 radical (unpaired) electrons. The number of carbonyl (C=O) groups is 2. The van der Waals surface area contributed by atoms with Crippen LogP contribution in [0.4, 0.5) is 0 Å². The summed E-state index contributed by atoms with van der Waals surface area (Å²) in [6.45, 7) is 1.99. The van der Waals surface area contributed by atoms with Gasteiger partial charge in [-0.15, -0.1) is 0 Å². The van der Waals surface area contributed by atoms with Gasteiger partial charge in [0.1, 0.15) is 11.3 Å². The van der Waals surface area contributed by atoms with E-state index in [2.05, 4.69) is 5.32 Å². The van der Waals surface area contributed by atoms with Gasteiger partial charge >= 0.3 is 5.63 Å². The van der Waals surface area contributed by atoms with Crippen molar-refractivity contribution in [3.63, 3.8) is 0 Å². The number of hydrogen-bond donors (Lipinski definition) is 2. The molecule has 0 spiro atoms. The molecule has 1 amide bonds. The first-order valence-electron chi connectivity index (χ1n) is 9.51. The van der Waals surface area contributed by atoms with Crippen LogP contribution in [0.2, 0.25) is 0 Å². The third-order valence-electron chi connectivity index (χ3n) is 5.70. The Balaban J connectivity index is 1.75. The number of hydrogen-bond acceptors (Lipinski definition) is 6. The quantitative estimate of drug-likeness (QED) is 0.727. The van der Waals surface area contributed by atoms with Crippen LogP contribution in [0.15, 0.2) is 27.4 Å². The summed E-state index contributed by atoms with van der Waals surface area (Å²) >= 11 is 0. The van der Waals surface area contributed by atoms with Gasteiger partial charge in [-0.25, -0.2) is 4.79 Å². The molecule has 0 saturated heterocycles. The maximum atomic E-state index is 12.5. The lowest BCUT2D eigenvalue weighted by molar-refractivity contribution is -0.308. The van der Waals surface area contributed by atoms with Crippen molar-refractivity contribution >= 4 is 22.8 Å². The number of aryl methyl sites for hydroxylation is 1. The molecule has 2 N–H and O–H groups in total. The third-order valence-corrected chi connectivity index (χ3v) is 5.70. The first-order valence-corrected chi connectivity index (χ1v) is 9.51. The molecule has 1 aliphatic carbocycles. The number of carboxylic acids is 1. The van der Waals surface area contributed by atoms with Gasteiger partial charge in [0, 0.05) is 24.0 Å². The fourth-order valence-corrected chi connectivity index (χ4v) is 4.12. The Kier molecular flexibility index (Phi) is 5.72. The van der Waals surface area contributed by atoms with Crippen molar-refractivity contribution in [2.75, 3.05) is 6.54 Å². The van der Waals surface area contributed by atoms with Crippen molar-refractivity contribution in [1.29, 1.82) is 0 Å². The number of fused-ring (bicyclic) bond motifs is 1. The van der Waals surface area contributed by atoms with E-state index in [1.54, 1.807) is 13.0 Å². The van der Waals surface area contributed by atoms with Crippen LogP contribution in [0.5, 0.6) is 5.75 Å². The van der Waals surface area contributed by atoms with E-state index in [0.29, 0.717) is 10.9 Å². The first-order chi connectivity index (χ1) is 13.3. The van der Waals surface area contributed by atoms with Crippen molar-refractivity contribution in [3.8, 4) is 5.75 Å². The molecule has 3 rings (SSSR count). The number of carboxylic acid groups (broad SMARTS) is 1. The number of rotatable bonds is 6. The van der Waals surface area contributed by atoms with E-state index in [1.165, 1.54) is 12.1 Å². The maximum absolute atomic E-state index is 12.5. The van der Waals surface area contributed by atoms with Crippen molar-refractivity contribution in [2.45, 2.75) is 51.9 Å². The molecular formula is C21H24NO6-. The molecule has 7 nitrogen and oxygen atoms in total. The molecule has 1 aromatic carbocycles. The predicted octanol–water partition coefficient (Wildman–Crippen LogP) is 1.56. The maximum Gasteiger partial charge on any atom is 0.340 e. The first kappa shape index (κ1) is 19.9. The monoisotopic (exact) mass is 386 g/mol. The van der Waals surface area contributed by atoms with Crippen LogP contribution >= 0.6 is 0 Å². The third kappa shape index (κ3) is 4.35. The van der Waals surface area contributed by atoms with Gasteiger partial charge in [-0.05, 0) is 49.3 Å². The number of aliphatic carboxylic acids is 1. The number of phenolic OH excluding ortho intramolecular Hbond substituents is 1. The molecular weight excluding hydrogens is 362 g/mol. The molecule has 0 aliphatic heterocycles. The fraction of sp³-hybridized carbons (Fsp3) is 0.476. The Bertz CT molecular complexity index is 955. The lowest BCUT2D eigenvalue weighted by Gasteiger charge is -2.37. The molecule has 150 valence electrons. The molecule has 0 bridgehead atoms. The van der Waals surface area contributed by atoms with Crippen molar-refractivity contribution in [2.24, 2.45) is 5.41 Å². The molecule has 1 aliphatic rings. The lowest BCUT2D eigenvalue weighted by Crippen LogP contribution is -2.43. The molecule has 1 aromatic heterocycles. The van der Waals surface area contributed by atoms with E-state index >= 15 is 0 Å².